The van der Waals surface area contributed by atoms with Gasteiger partial charge in [-0.3, -0.25) is 0 Å². The summed E-state index contributed by atoms with van der Waals surface area (Å²) in [7, 11) is 1.90. The van der Waals surface area contributed by atoms with Gasteiger partial charge in [0.15, 0.2) is 0 Å². The Bertz CT molecular complexity index is 544. The van der Waals surface area contributed by atoms with Gasteiger partial charge in [0.2, 0.25) is 5.28 Å². The highest BCUT2D eigenvalue weighted by Gasteiger charge is 2.15. The zero-order chi connectivity index (χ0) is 12.6. The fraction of sp³-hybridized carbons (Fsp3) is 0.417. The number of hydrogen-bond acceptors (Lipinski definition) is 2. The van der Waals surface area contributed by atoms with Gasteiger partial charge < -0.3 is 9.47 Å². The number of aromatic nitrogens is 2. The van der Waals surface area contributed by atoms with Gasteiger partial charge in [0.25, 0.3) is 0 Å². The van der Waals surface area contributed by atoms with Gasteiger partial charge in [-0.05, 0) is 37.6 Å². The zero-order valence-electron chi connectivity index (χ0n) is 10.2. The second-order valence-corrected chi connectivity index (χ2v) is 4.62. The maximum Gasteiger partial charge on any atom is 0.203 e. The molecular weight excluding hydrogens is 257 g/mol. The van der Waals surface area contributed by atoms with E-state index in [1.54, 1.807) is 0 Å². The monoisotopic (exact) mass is 271 g/mol. The molecule has 2 aromatic rings. The van der Waals surface area contributed by atoms with Crippen LogP contribution in [0.3, 0.4) is 0 Å². The molecular formula is C12H15Cl2N3. The summed E-state index contributed by atoms with van der Waals surface area (Å²) in [6.07, 6.45) is 0. The number of imidazole rings is 1. The normalized spacial score (nSPS) is 11.1. The lowest BCUT2D eigenvalue weighted by molar-refractivity contribution is 0.861. The van der Waals surface area contributed by atoms with E-state index in [0.717, 1.165) is 29.8 Å². The predicted octanol–water partition coefficient (Wildman–Crippen LogP) is 3.73. The molecule has 0 spiro atoms. The van der Waals surface area contributed by atoms with Crippen LogP contribution in [0, 0.1) is 0 Å². The minimum absolute atomic E-state index is 0.460. The second-order valence-electron chi connectivity index (χ2n) is 3.88. The Kier molecular flexibility index (Phi) is 3.50. The number of aryl methyl sites for hydroxylation is 1. The van der Waals surface area contributed by atoms with Gasteiger partial charge in [-0.2, -0.15) is 0 Å². The number of anilines is 1. The summed E-state index contributed by atoms with van der Waals surface area (Å²) in [5.41, 5.74) is 2.88. The number of hydrogen-bond donors (Lipinski definition) is 0. The topological polar surface area (TPSA) is 21.1 Å². The molecule has 0 N–H and O–H groups in total. The van der Waals surface area contributed by atoms with Crippen LogP contribution in [-0.4, -0.2) is 22.6 Å². The molecule has 0 fully saturated rings. The summed E-state index contributed by atoms with van der Waals surface area (Å²) in [6, 6.07) is 3.90. The van der Waals surface area contributed by atoms with Crippen LogP contribution in [0.1, 0.15) is 13.8 Å². The maximum absolute atomic E-state index is 6.15. The van der Waals surface area contributed by atoms with Crippen molar-refractivity contribution in [3.63, 3.8) is 0 Å². The largest absolute Gasteiger partial charge is 0.370 e. The van der Waals surface area contributed by atoms with Gasteiger partial charge in [-0.25, -0.2) is 4.98 Å². The summed E-state index contributed by atoms with van der Waals surface area (Å²) in [5.74, 6) is 0. The van der Waals surface area contributed by atoms with Crippen LogP contribution in [-0.2, 0) is 7.05 Å². The fourth-order valence-corrected chi connectivity index (χ4v) is 2.42. The Balaban J connectivity index is 2.76. The summed E-state index contributed by atoms with van der Waals surface area (Å²) in [4.78, 5) is 6.55. The smallest absolute Gasteiger partial charge is 0.203 e. The Hall–Kier alpha value is -0.930. The Morgan fingerprint density at radius 3 is 2.47 bits per heavy atom. The van der Waals surface area contributed by atoms with Crippen LogP contribution in [0.2, 0.25) is 10.3 Å². The van der Waals surface area contributed by atoms with E-state index >= 15 is 0 Å². The van der Waals surface area contributed by atoms with Crippen molar-refractivity contribution in [2.45, 2.75) is 13.8 Å². The first-order chi connectivity index (χ1) is 8.10. The van der Waals surface area contributed by atoms with Crippen molar-refractivity contribution in [2.75, 3.05) is 18.0 Å². The molecule has 0 bridgehead atoms. The molecule has 1 heterocycles. The molecule has 0 radical (unpaired) electrons. The third-order valence-electron chi connectivity index (χ3n) is 3.00. The Morgan fingerprint density at radius 1 is 1.24 bits per heavy atom. The van der Waals surface area contributed by atoms with Crippen LogP contribution in [0.25, 0.3) is 11.0 Å². The minimum atomic E-state index is 0.460. The quantitative estimate of drug-likeness (QED) is 0.849. The number of rotatable bonds is 3. The first-order valence-electron chi connectivity index (χ1n) is 5.65. The average Bonchev–Trinajstić information content (AvgIpc) is 2.62. The lowest BCUT2D eigenvalue weighted by atomic mass is 10.2. The SMILES string of the molecule is CCN(CC)c1ccc(Cl)c2nc(Cl)n(C)c12. The zero-order valence-corrected chi connectivity index (χ0v) is 11.7. The van der Waals surface area contributed by atoms with Crippen molar-refractivity contribution < 1.29 is 0 Å². The summed E-state index contributed by atoms with van der Waals surface area (Å²) < 4.78 is 1.87. The number of nitrogens with zero attached hydrogens (tertiary/aromatic N) is 3. The van der Waals surface area contributed by atoms with Crippen molar-refractivity contribution in [1.29, 1.82) is 0 Å². The summed E-state index contributed by atoms with van der Waals surface area (Å²) in [6.45, 7) is 6.13. The van der Waals surface area contributed by atoms with Gasteiger partial charge in [-0.1, -0.05) is 11.6 Å². The molecule has 0 amide bonds. The van der Waals surface area contributed by atoms with E-state index in [1.165, 1.54) is 0 Å². The first-order valence-corrected chi connectivity index (χ1v) is 6.41. The highest BCUT2D eigenvalue weighted by Crippen LogP contribution is 2.33. The molecule has 0 aliphatic heterocycles. The maximum atomic E-state index is 6.15. The molecule has 3 nitrogen and oxygen atoms in total. The molecule has 2 rings (SSSR count). The molecule has 1 aromatic heterocycles. The predicted molar refractivity (Wildman–Crippen MR) is 74.3 cm³/mol. The molecule has 1 aromatic carbocycles. The molecule has 0 aliphatic rings. The van der Waals surface area contributed by atoms with E-state index in [4.69, 9.17) is 23.2 Å². The average molecular weight is 272 g/mol. The molecule has 0 saturated carbocycles. The van der Waals surface area contributed by atoms with E-state index < -0.39 is 0 Å². The number of benzene rings is 1. The Morgan fingerprint density at radius 2 is 1.88 bits per heavy atom. The van der Waals surface area contributed by atoms with Crippen molar-refractivity contribution in [2.24, 2.45) is 7.05 Å². The highest BCUT2D eigenvalue weighted by molar-refractivity contribution is 6.36. The number of fused-ring (bicyclic) bond motifs is 1. The molecule has 17 heavy (non-hydrogen) atoms. The van der Waals surface area contributed by atoms with Gasteiger partial charge in [-0.15, -0.1) is 0 Å². The van der Waals surface area contributed by atoms with E-state index in [9.17, 15) is 0 Å². The Labute approximate surface area is 111 Å². The van der Waals surface area contributed by atoms with Crippen molar-refractivity contribution in [3.8, 4) is 0 Å². The van der Waals surface area contributed by atoms with Crippen LogP contribution in [0.15, 0.2) is 12.1 Å². The van der Waals surface area contributed by atoms with Crippen molar-refractivity contribution >= 4 is 39.9 Å². The lowest BCUT2D eigenvalue weighted by Crippen LogP contribution is -2.22. The fourth-order valence-electron chi connectivity index (χ4n) is 2.06. The van der Waals surface area contributed by atoms with Gasteiger partial charge in [0, 0.05) is 20.1 Å². The molecule has 92 valence electrons. The standard InChI is InChI=1S/C12H15Cl2N3/c1-4-17(5-2)9-7-6-8(13)10-11(9)16(3)12(14)15-10/h6-7H,4-5H2,1-3H3. The third-order valence-corrected chi connectivity index (χ3v) is 3.64. The number of halogens is 2. The summed E-state index contributed by atoms with van der Waals surface area (Å²) in [5, 5.41) is 1.10. The van der Waals surface area contributed by atoms with Gasteiger partial charge >= 0.3 is 0 Å². The second kappa shape index (κ2) is 4.75. The van der Waals surface area contributed by atoms with Crippen LogP contribution in [0.5, 0.6) is 0 Å². The summed E-state index contributed by atoms with van der Waals surface area (Å²) >= 11 is 12.2. The minimum Gasteiger partial charge on any atom is -0.370 e. The van der Waals surface area contributed by atoms with Crippen molar-refractivity contribution in [3.05, 3.63) is 22.4 Å². The third kappa shape index (κ3) is 1.98. The molecule has 0 saturated heterocycles. The van der Waals surface area contributed by atoms with E-state index in [-0.39, 0.29) is 0 Å². The lowest BCUT2D eigenvalue weighted by Gasteiger charge is -2.22. The van der Waals surface area contributed by atoms with Crippen LogP contribution >= 0.6 is 23.2 Å². The van der Waals surface area contributed by atoms with Gasteiger partial charge in [0.05, 0.1) is 16.2 Å². The molecule has 0 unspecified atom stereocenters. The van der Waals surface area contributed by atoms with E-state index in [0.29, 0.717) is 10.3 Å². The van der Waals surface area contributed by atoms with Crippen LogP contribution < -0.4 is 4.90 Å². The molecule has 5 heteroatoms. The van der Waals surface area contributed by atoms with E-state index in [2.05, 4.69) is 23.7 Å². The first kappa shape index (κ1) is 12.5. The van der Waals surface area contributed by atoms with Gasteiger partial charge in [0.1, 0.15) is 5.52 Å². The molecule has 0 atom stereocenters. The van der Waals surface area contributed by atoms with E-state index in [1.807, 2.05) is 23.7 Å². The molecule has 0 aliphatic carbocycles. The van der Waals surface area contributed by atoms with Crippen LogP contribution in [0.4, 0.5) is 5.69 Å². The van der Waals surface area contributed by atoms with Crippen molar-refractivity contribution in [1.82, 2.24) is 9.55 Å². The highest BCUT2D eigenvalue weighted by atomic mass is 35.5.